The zero-order valence-electron chi connectivity index (χ0n) is 13.5. The minimum atomic E-state index is -4.47. The number of aromatic amines is 1. The first-order valence-electron chi connectivity index (χ1n) is 7.64. The van der Waals surface area contributed by atoms with Crippen molar-refractivity contribution in [1.29, 1.82) is 0 Å². The molecule has 0 fully saturated rings. The summed E-state index contributed by atoms with van der Waals surface area (Å²) < 4.78 is 48.4. The van der Waals surface area contributed by atoms with E-state index in [2.05, 4.69) is 9.97 Å². The first-order valence-corrected chi connectivity index (χ1v) is 7.64. The van der Waals surface area contributed by atoms with Crippen LogP contribution in [0, 0.1) is 0 Å². The Morgan fingerprint density at radius 2 is 2.00 bits per heavy atom. The largest absolute Gasteiger partial charge is 0.460 e. The monoisotopic (exact) mass is 366 g/mol. The number of benzene rings is 1. The van der Waals surface area contributed by atoms with Crippen molar-refractivity contribution in [3.63, 3.8) is 0 Å². The molecule has 0 saturated carbocycles. The van der Waals surface area contributed by atoms with Gasteiger partial charge >= 0.3 is 11.8 Å². The van der Waals surface area contributed by atoms with E-state index in [1.54, 1.807) is 6.92 Å². The predicted molar refractivity (Wildman–Crippen MR) is 86.1 cm³/mol. The van der Waals surface area contributed by atoms with Crippen molar-refractivity contribution >= 4 is 11.1 Å². The molecule has 0 bridgehead atoms. The molecule has 3 rings (SSSR count). The van der Waals surface area contributed by atoms with Gasteiger partial charge in [0.2, 0.25) is 5.71 Å². The fraction of sp³-hybridized carbons (Fsp3) is 0.235. The van der Waals surface area contributed by atoms with Gasteiger partial charge in [-0.1, -0.05) is 19.1 Å². The fourth-order valence-electron chi connectivity index (χ4n) is 2.47. The van der Waals surface area contributed by atoms with Crippen LogP contribution in [0.15, 0.2) is 44.3 Å². The van der Waals surface area contributed by atoms with Crippen LogP contribution in [0.2, 0.25) is 0 Å². The smallest absolute Gasteiger partial charge is 0.416 e. The number of nitrogens with one attached hydrogen (secondary N) is 1. The van der Waals surface area contributed by atoms with Gasteiger partial charge in [-0.05, 0) is 29.7 Å². The number of halogens is 3. The summed E-state index contributed by atoms with van der Waals surface area (Å²) in [7, 11) is 0. The normalized spacial score (nSPS) is 11.7. The standard InChI is InChI=1S/C17H13F3N2O4/c1-2-10-7-12(23)26-15-13(10)14(24)21-16(22-15)25-8-9-4-3-5-11(6-9)17(18,19)20/h3-7H,2,8H2,1H3,(H,21,22,24). The summed E-state index contributed by atoms with van der Waals surface area (Å²) in [4.78, 5) is 30.0. The second-order valence-electron chi connectivity index (χ2n) is 5.48. The molecule has 0 spiro atoms. The average molecular weight is 366 g/mol. The average Bonchev–Trinajstić information content (AvgIpc) is 2.58. The van der Waals surface area contributed by atoms with Gasteiger partial charge in [0, 0.05) is 6.07 Å². The first-order chi connectivity index (χ1) is 12.3. The highest BCUT2D eigenvalue weighted by Gasteiger charge is 2.30. The molecule has 6 nitrogen and oxygen atoms in total. The predicted octanol–water partition coefficient (Wildman–Crippen LogP) is 3.04. The highest BCUT2D eigenvalue weighted by molar-refractivity contribution is 5.75. The number of hydrogen-bond donors (Lipinski definition) is 1. The minimum Gasteiger partial charge on any atom is -0.460 e. The zero-order chi connectivity index (χ0) is 18.9. The third-order valence-corrected chi connectivity index (χ3v) is 3.69. The van der Waals surface area contributed by atoms with E-state index in [4.69, 9.17) is 9.15 Å². The van der Waals surface area contributed by atoms with Crippen molar-refractivity contribution < 1.29 is 22.3 Å². The summed E-state index contributed by atoms with van der Waals surface area (Å²) in [6.07, 6.45) is -4.04. The maximum atomic E-state index is 12.7. The van der Waals surface area contributed by atoms with Crippen molar-refractivity contribution in [2.45, 2.75) is 26.1 Å². The van der Waals surface area contributed by atoms with Crippen LogP contribution in [0.3, 0.4) is 0 Å². The summed E-state index contributed by atoms with van der Waals surface area (Å²) in [6, 6.07) is 5.54. The summed E-state index contributed by atoms with van der Waals surface area (Å²) >= 11 is 0. The lowest BCUT2D eigenvalue weighted by molar-refractivity contribution is -0.137. The molecular formula is C17H13F3N2O4. The SMILES string of the molecule is CCc1cc(=O)oc2nc(OCc3cccc(C(F)(F)F)c3)[nH]c(=O)c12. The molecule has 136 valence electrons. The number of nitrogens with zero attached hydrogens (tertiary/aromatic N) is 1. The summed E-state index contributed by atoms with van der Waals surface area (Å²) in [6.45, 7) is 1.52. The van der Waals surface area contributed by atoms with Crippen molar-refractivity contribution in [3.8, 4) is 6.01 Å². The van der Waals surface area contributed by atoms with Crippen LogP contribution in [0.5, 0.6) is 6.01 Å². The first kappa shape index (κ1) is 17.7. The molecule has 0 radical (unpaired) electrons. The Hall–Kier alpha value is -3.10. The van der Waals surface area contributed by atoms with E-state index < -0.39 is 22.9 Å². The molecule has 0 amide bonds. The van der Waals surface area contributed by atoms with Crippen LogP contribution in [-0.4, -0.2) is 9.97 Å². The Morgan fingerprint density at radius 1 is 1.23 bits per heavy atom. The molecule has 0 atom stereocenters. The topological polar surface area (TPSA) is 85.2 Å². The lowest BCUT2D eigenvalue weighted by atomic mass is 10.1. The van der Waals surface area contributed by atoms with Crippen molar-refractivity contribution in [2.75, 3.05) is 0 Å². The zero-order valence-corrected chi connectivity index (χ0v) is 13.5. The number of rotatable bonds is 4. The number of hydrogen-bond acceptors (Lipinski definition) is 5. The van der Waals surface area contributed by atoms with Gasteiger partial charge in [0.1, 0.15) is 12.0 Å². The van der Waals surface area contributed by atoms with Gasteiger partial charge in [0.25, 0.3) is 11.6 Å². The van der Waals surface area contributed by atoms with E-state index in [9.17, 15) is 22.8 Å². The van der Waals surface area contributed by atoms with Gasteiger partial charge in [0.05, 0.1) is 5.56 Å². The highest BCUT2D eigenvalue weighted by atomic mass is 19.4. The number of fused-ring (bicyclic) bond motifs is 1. The van der Waals surface area contributed by atoms with Crippen molar-refractivity contribution in [2.24, 2.45) is 0 Å². The van der Waals surface area contributed by atoms with Crippen LogP contribution in [0.25, 0.3) is 11.1 Å². The molecule has 1 aromatic carbocycles. The number of aryl methyl sites for hydroxylation is 1. The lowest BCUT2D eigenvalue weighted by Gasteiger charge is -2.09. The Labute approximate surface area is 144 Å². The fourth-order valence-corrected chi connectivity index (χ4v) is 2.47. The summed E-state index contributed by atoms with van der Waals surface area (Å²) in [5.74, 6) is 0. The third-order valence-electron chi connectivity index (χ3n) is 3.69. The molecule has 0 aliphatic carbocycles. The van der Waals surface area contributed by atoms with Crippen LogP contribution >= 0.6 is 0 Å². The van der Waals surface area contributed by atoms with E-state index in [1.165, 1.54) is 18.2 Å². The van der Waals surface area contributed by atoms with Gasteiger partial charge in [-0.15, -0.1) is 0 Å². The van der Waals surface area contributed by atoms with E-state index in [0.29, 0.717) is 12.0 Å². The second-order valence-corrected chi connectivity index (χ2v) is 5.48. The van der Waals surface area contributed by atoms with Gasteiger partial charge in [-0.25, -0.2) is 4.79 Å². The Bertz CT molecular complexity index is 1070. The van der Waals surface area contributed by atoms with Crippen LogP contribution in [0.4, 0.5) is 13.2 Å². The molecule has 2 aromatic heterocycles. The molecule has 0 aliphatic rings. The van der Waals surface area contributed by atoms with Crippen LogP contribution in [-0.2, 0) is 19.2 Å². The molecule has 0 aliphatic heterocycles. The minimum absolute atomic E-state index is 0.138. The van der Waals surface area contributed by atoms with Crippen LogP contribution in [0.1, 0.15) is 23.6 Å². The molecule has 3 aromatic rings. The molecule has 26 heavy (non-hydrogen) atoms. The molecule has 1 N–H and O–H groups in total. The molecule has 0 unspecified atom stereocenters. The van der Waals surface area contributed by atoms with Crippen molar-refractivity contribution in [1.82, 2.24) is 9.97 Å². The Balaban J connectivity index is 1.91. The van der Waals surface area contributed by atoms with E-state index in [1.807, 2.05) is 0 Å². The summed E-state index contributed by atoms with van der Waals surface area (Å²) in [5.41, 5.74) is -1.49. The van der Waals surface area contributed by atoms with E-state index >= 15 is 0 Å². The molecule has 9 heteroatoms. The molecule has 2 heterocycles. The van der Waals surface area contributed by atoms with Crippen molar-refractivity contribution in [3.05, 3.63) is 67.8 Å². The quantitative estimate of drug-likeness (QED) is 0.767. The van der Waals surface area contributed by atoms with Gasteiger partial charge in [0.15, 0.2) is 0 Å². The number of H-pyrrole nitrogens is 1. The highest BCUT2D eigenvalue weighted by Crippen LogP contribution is 2.29. The van der Waals surface area contributed by atoms with Gasteiger partial charge in [-0.2, -0.15) is 18.2 Å². The van der Waals surface area contributed by atoms with E-state index in [0.717, 1.165) is 12.1 Å². The number of alkyl halides is 3. The second kappa shape index (κ2) is 6.66. The molecular weight excluding hydrogens is 353 g/mol. The molecule has 0 saturated heterocycles. The van der Waals surface area contributed by atoms with Gasteiger partial charge in [-0.3, -0.25) is 9.78 Å². The third kappa shape index (κ3) is 3.61. The van der Waals surface area contributed by atoms with E-state index in [-0.39, 0.29) is 29.3 Å². The number of aromatic nitrogens is 2. The maximum Gasteiger partial charge on any atom is 0.416 e. The number of ether oxygens (including phenoxy) is 1. The maximum absolute atomic E-state index is 12.7. The Morgan fingerprint density at radius 3 is 2.69 bits per heavy atom. The van der Waals surface area contributed by atoms with Crippen LogP contribution < -0.4 is 15.9 Å². The Kier molecular flexibility index (Phi) is 4.54. The summed E-state index contributed by atoms with van der Waals surface area (Å²) in [5, 5.41) is 0.138. The van der Waals surface area contributed by atoms with Gasteiger partial charge < -0.3 is 9.15 Å². The lowest BCUT2D eigenvalue weighted by Crippen LogP contribution is -2.15.